The summed E-state index contributed by atoms with van der Waals surface area (Å²) in [6.07, 6.45) is 5.26. The van der Waals surface area contributed by atoms with Gasteiger partial charge in [-0.05, 0) is 64.9 Å². The number of rotatable bonds is 8. The minimum atomic E-state index is 0.0496. The van der Waals surface area contributed by atoms with Crippen LogP contribution in [0.2, 0.25) is 0 Å². The summed E-state index contributed by atoms with van der Waals surface area (Å²) in [5.74, 6) is 0.208. The quantitative estimate of drug-likeness (QED) is 0.710. The molecule has 1 aromatic rings. The SMILES string of the molecule is Cc1cc(C)cc(C(=O)N(CCCN2CCCCC2)CCC(=O)N2CCNCC2)c1. The second kappa shape index (κ2) is 11.5. The summed E-state index contributed by atoms with van der Waals surface area (Å²) in [7, 11) is 0. The number of nitrogens with zero attached hydrogens (tertiary/aromatic N) is 3. The maximum Gasteiger partial charge on any atom is 0.253 e. The van der Waals surface area contributed by atoms with Crippen LogP contribution in [0, 0.1) is 13.8 Å². The number of carbonyl (C=O) groups is 2. The number of hydrogen-bond donors (Lipinski definition) is 1. The van der Waals surface area contributed by atoms with E-state index in [0.29, 0.717) is 19.5 Å². The van der Waals surface area contributed by atoms with Crippen molar-refractivity contribution in [3.8, 4) is 0 Å². The van der Waals surface area contributed by atoms with E-state index in [1.54, 1.807) is 0 Å². The third-order valence-electron chi connectivity index (χ3n) is 6.17. The van der Waals surface area contributed by atoms with Crippen LogP contribution in [0.25, 0.3) is 0 Å². The molecule has 0 atom stereocenters. The number of piperidine rings is 1. The minimum absolute atomic E-state index is 0.0496. The van der Waals surface area contributed by atoms with Gasteiger partial charge in [-0.25, -0.2) is 0 Å². The normalized spacial score (nSPS) is 17.7. The highest BCUT2D eigenvalue weighted by Crippen LogP contribution is 2.14. The zero-order valence-corrected chi connectivity index (χ0v) is 18.8. The number of nitrogens with one attached hydrogen (secondary N) is 1. The first kappa shape index (κ1) is 22.8. The lowest BCUT2D eigenvalue weighted by molar-refractivity contribution is -0.131. The number of piperazine rings is 1. The minimum Gasteiger partial charge on any atom is -0.340 e. The fraction of sp³-hybridized carbons (Fsp3) is 0.667. The van der Waals surface area contributed by atoms with Gasteiger partial charge in [0.2, 0.25) is 5.91 Å². The zero-order valence-electron chi connectivity index (χ0n) is 18.8. The summed E-state index contributed by atoms with van der Waals surface area (Å²) in [6.45, 7) is 11.9. The van der Waals surface area contributed by atoms with Gasteiger partial charge in [-0.1, -0.05) is 23.6 Å². The molecule has 166 valence electrons. The first-order valence-corrected chi connectivity index (χ1v) is 11.6. The predicted octanol–water partition coefficient (Wildman–Crippen LogP) is 2.44. The molecular weight excluding hydrogens is 376 g/mol. The molecule has 1 N–H and O–H groups in total. The Bertz CT molecular complexity index is 689. The first-order chi connectivity index (χ1) is 14.5. The summed E-state index contributed by atoms with van der Waals surface area (Å²) in [6, 6.07) is 6.02. The van der Waals surface area contributed by atoms with E-state index >= 15 is 0 Å². The van der Waals surface area contributed by atoms with Crippen LogP contribution >= 0.6 is 0 Å². The van der Waals surface area contributed by atoms with E-state index in [2.05, 4.69) is 16.3 Å². The van der Waals surface area contributed by atoms with Crippen LogP contribution in [0.15, 0.2) is 18.2 Å². The Morgan fingerprint density at radius 1 is 0.933 bits per heavy atom. The molecule has 0 saturated carbocycles. The molecule has 2 fully saturated rings. The molecule has 0 aliphatic carbocycles. The summed E-state index contributed by atoms with van der Waals surface area (Å²) in [5, 5.41) is 3.28. The molecule has 2 heterocycles. The molecule has 0 spiro atoms. The van der Waals surface area contributed by atoms with Gasteiger partial charge in [0.05, 0.1) is 0 Å². The van der Waals surface area contributed by atoms with Crippen molar-refractivity contribution >= 4 is 11.8 Å². The van der Waals surface area contributed by atoms with Crippen molar-refractivity contribution in [2.75, 3.05) is 58.9 Å². The van der Waals surface area contributed by atoms with Crippen molar-refractivity contribution in [2.45, 2.75) is 46.0 Å². The van der Waals surface area contributed by atoms with Gasteiger partial charge in [0, 0.05) is 51.3 Å². The average Bonchev–Trinajstić information content (AvgIpc) is 2.76. The maximum absolute atomic E-state index is 13.3. The molecule has 6 heteroatoms. The van der Waals surface area contributed by atoms with Gasteiger partial charge in [-0.3, -0.25) is 9.59 Å². The van der Waals surface area contributed by atoms with Crippen molar-refractivity contribution in [2.24, 2.45) is 0 Å². The Balaban J connectivity index is 1.60. The monoisotopic (exact) mass is 414 g/mol. The van der Waals surface area contributed by atoms with E-state index in [-0.39, 0.29) is 11.8 Å². The second-order valence-electron chi connectivity index (χ2n) is 8.81. The van der Waals surface area contributed by atoms with Gasteiger partial charge < -0.3 is 20.0 Å². The van der Waals surface area contributed by atoms with Gasteiger partial charge >= 0.3 is 0 Å². The Kier molecular flexibility index (Phi) is 8.70. The molecule has 2 amide bonds. The van der Waals surface area contributed by atoms with Gasteiger partial charge in [-0.2, -0.15) is 0 Å². The fourth-order valence-electron chi connectivity index (χ4n) is 4.57. The molecule has 0 aromatic heterocycles. The number of aryl methyl sites for hydroxylation is 2. The van der Waals surface area contributed by atoms with E-state index in [0.717, 1.165) is 55.8 Å². The van der Waals surface area contributed by atoms with Crippen molar-refractivity contribution < 1.29 is 9.59 Å². The van der Waals surface area contributed by atoms with Crippen LogP contribution in [0.3, 0.4) is 0 Å². The molecule has 6 nitrogen and oxygen atoms in total. The number of carbonyl (C=O) groups excluding carboxylic acids is 2. The molecule has 3 rings (SSSR count). The molecular formula is C24H38N4O2. The first-order valence-electron chi connectivity index (χ1n) is 11.6. The van der Waals surface area contributed by atoms with E-state index in [1.807, 2.05) is 35.8 Å². The molecule has 30 heavy (non-hydrogen) atoms. The summed E-state index contributed by atoms with van der Waals surface area (Å²) in [5.41, 5.74) is 2.94. The Morgan fingerprint density at radius 3 is 2.27 bits per heavy atom. The third kappa shape index (κ3) is 6.81. The van der Waals surface area contributed by atoms with E-state index in [4.69, 9.17) is 0 Å². The smallest absolute Gasteiger partial charge is 0.253 e. The topological polar surface area (TPSA) is 55.9 Å². The Morgan fingerprint density at radius 2 is 1.60 bits per heavy atom. The summed E-state index contributed by atoms with van der Waals surface area (Å²) < 4.78 is 0. The van der Waals surface area contributed by atoms with Gasteiger partial charge in [0.1, 0.15) is 0 Å². The second-order valence-corrected chi connectivity index (χ2v) is 8.81. The Hall–Kier alpha value is -1.92. The standard InChI is InChI=1S/C24H38N4O2/c1-20-17-21(2)19-22(18-20)24(30)28(13-6-12-26-10-4-3-5-11-26)14-7-23(29)27-15-8-25-9-16-27/h17-19,25H,3-16H2,1-2H3. The molecule has 2 aliphatic heterocycles. The Labute approximate surface area is 181 Å². The highest BCUT2D eigenvalue weighted by Gasteiger charge is 2.21. The predicted molar refractivity (Wildman–Crippen MR) is 121 cm³/mol. The fourth-order valence-corrected chi connectivity index (χ4v) is 4.57. The summed E-state index contributed by atoms with van der Waals surface area (Å²) >= 11 is 0. The highest BCUT2D eigenvalue weighted by molar-refractivity contribution is 5.95. The molecule has 2 saturated heterocycles. The highest BCUT2D eigenvalue weighted by atomic mass is 16.2. The van der Waals surface area contributed by atoms with Crippen LogP contribution in [-0.2, 0) is 4.79 Å². The largest absolute Gasteiger partial charge is 0.340 e. The zero-order chi connectivity index (χ0) is 21.3. The lowest BCUT2D eigenvalue weighted by Crippen LogP contribution is -2.47. The average molecular weight is 415 g/mol. The van der Waals surface area contributed by atoms with Gasteiger partial charge in [0.25, 0.3) is 5.91 Å². The summed E-state index contributed by atoms with van der Waals surface area (Å²) in [4.78, 5) is 32.3. The molecule has 0 bridgehead atoms. The molecule has 1 aromatic carbocycles. The van der Waals surface area contributed by atoms with Crippen molar-refractivity contribution in [3.05, 3.63) is 34.9 Å². The van der Waals surface area contributed by atoms with Crippen molar-refractivity contribution in [1.29, 1.82) is 0 Å². The van der Waals surface area contributed by atoms with Crippen molar-refractivity contribution in [1.82, 2.24) is 20.0 Å². The van der Waals surface area contributed by atoms with Crippen LogP contribution < -0.4 is 5.32 Å². The lowest BCUT2D eigenvalue weighted by atomic mass is 10.1. The molecule has 0 unspecified atom stereocenters. The number of amides is 2. The van der Waals surface area contributed by atoms with Crippen LogP contribution in [0.4, 0.5) is 0 Å². The third-order valence-corrected chi connectivity index (χ3v) is 6.17. The molecule has 0 radical (unpaired) electrons. The van der Waals surface area contributed by atoms with E-state index in [9.17, 15) is 9.59 Å². The van der Waals surface area contributed by atoms with Crippen LogP contribution in [0.5, 0.6) is 0 Å². The molecule has 2 aliphatic rings. The number of hydrogen-bond acceptors (Lipinski definition) is 4. The van der Waals surface area contributed by atoms with Gasteiger partial charge in [0.15, 0.2) is 0 Å². The lowest BCUT2D eigenvalue weighted by Gasteiger charge is -2.30. The number of benzene rings is 1. The van der Waals surface area contributed by atoms with Crippen LogP contribution in [0.1, 0.15) is 53.6 Å². The number of likely N-dealkylation sites (tertiary alicyclic amines) is 1. The van der Waals surface area contributed by atoms with Crippen LogP contribution in [-0.4, -0.2) is 85.4 Å². The van der Waals surface area contributed by atoms with Crippen molar-refractivity contribution in [3.63, 3.8) is 0 Å². The van der Waals surface area contributed by atoms with E-state index < -0.39 is 0 Å². The van der Waals surface area contributed by atoms with Gasteiger partial charge in [-0.15, -0.1) is 0 Å². The maximum atomic E-state index is 13.3. The van der Waals surface area contributed by atoms with E-state index in [1.165, 1.54) is 32.4 Å².